The van der Waals surface area contributed by atoms with E-state index >= 15 is 0 Å². The van der Waals surface area contributed by atoms with Crippen LogP contribution in [-0.2, 0) is 0 Å². The maximum absolute atomic E-state index is 6.53. The van der Waals surface area contributed by atoms with Crippen LogP contribution < -0.4 is 0 Å². The van der Waals surface area contributed by atoms with Gasteiger partial charge in [-0.05, 0) is 30.3 Å². The van der Waals surface area contributed by atoms with Gasteiger partial charge < -0.3 is 0 Å². The summed E-state index contributed by atoms with van der Waals surface area (Å²) in [5.41, 5.74) is 4.30. The van der Waals surface area contributed by atoms with Gasteiger partial charge in [0, 0.05) is 10.6 Å². The molecule has 0 bridgehead atoms. The van der Waals surface area contributed by atoms with E-state index in [0.29, 0.717) is 5.02 Å². The number of hydrogen-bond acceptors (Lipinski definition) is 4. The first-order valence-corrected chi connectivity index (χ1v) is 8.55. The zero-order valence-corrected chi connectivity index (χ0v) is 14.3. The van der Waals surface area contributed by atoms with Crippen molar-refractivity contribution in [2.24, 2.45) is 0 Å². The van der Waals surface area contributed by atoms with Crippen molar-refractivity contribution in [3.05, 3.63) is 83.4 Å². The Bertz CT molecular complexity index is 1150. The number of para-hydroxylation sites is 2. The number of benzene rings is 3. The van der Waals surface area contributed by atoms with Gasteiger partial charge in [0.25, 0.3) is 0 Å². The molecule has 0 spiro atoms. The van der Waals surface area contributed by atoms with Crippen molar-refractivity contribution in [1.82, 2.24) is 30.0 Å². The molecule has 26 heavy (non-hydrogen) atoms. The molecule has 0 saturated carbocycles. The quantitative estimate of drug-likeness (QED) is 0.489. The first-order chi connectivity index (χ1) is 12.8. The first-order valence-electron chi connectivity index (χ1n) is 8.17. The summed E-state index contributed by atoms with van der Waals surface area (Å²) in [7, 11) is 0. The fraction of sp³-hybridized carbons (Fsp3) is 0.0526. The fourth-order valence-electron chi connectivity index (χ4n) is 3.19. The van der Waals surface area contributed by atoms with Gasteiger partial charge in [0.1, 0.15) is 11.0 Å². The molecule has 0 aliphatic heterocycles. The van der Waals surface area contributed by atoms with Crippen molar-refractivity contribution in [3.63, 3.8) is 0 Å². The summed E-state index contributed by atoms with van der Waals surface area (Å²) in [5.74, 6) is 0. The van der Waals surface area contributed by atoms with Crippen LogP contribution in [0.4, 0.5) is 0 Å². The van der Waals surface area contributed by atoms with Gasteiger partial charge >= 0.3 is 0 Å². The highest BCUT2D eigenvalue weighted by Crippen LogP contribution is 2.30. The molecule has 2 heterocycles. The molecule has 5 rings (SSSR count). The zero-order valence-electron chi connectivity index (χ0n) is 13.6. The molecule has 3 aromatic carbocycles. The van der Waals surface area contributed by atoms with Crippen LogP contribution in [0.1, 0.15) is 11.7 Å². The minimum Gasteiger partial charge on any atom is -0.215 e. The van der Waals surface area contributed by atoms with Crippen molar-refractivity contribution < 1.29 is 0 Å². The summed E-state index contributed by atoms with van der Waals surface area (Å²) in [6.07, 6.45) is -0.400. The molecule has 6 nitrogen and oxygen atoms in total. The van der Waals surface area contributed by atoms with Crippen molar-refractivity contribution in [2.75, 3.05) is 0 Å². The monoisotopic (exact) mass is 360 g/mol. The Kier molecular flexibility index (Phi) is 3.43. The highest BCUT2D eigenvalue weighted by Gasteiger charge is 2.24. The van der Waals surface area contributed by atoms with Crippen LogP contribution in [0, 0.1) is 0 Å². The average Bonchev–Trinajstić information content (AvgIpc) is 3.29. The Balaban J connectivity index is 1.83. The lowest BCUT2D eigenvalue weighted by molar-refractivity contribution is 0.421. The van der Waals surface area contributed by atoms with Crippen LogP contribution in [0.25, 0.3) is 22.1 Å². The Morgan fingerprint density at radius 3 is 1.73 bits per heavy atom. The van der Waals surface area contributed by atoms with Crippen molar-refractivity contribution in [1.29, 1.82) is 0 Å². The number of fused-ring (bicyclic) bond motifs is 2. The maximum Gasteiger partial charge on any atom is 0.175 e. The van der Waals surface area contributed by atoms with Crippen molar-refractivity contribution in [3.8, 4) is 0 Å². The molecule has 0 aliphatic rings. The third-order valence-electron chi connectivity index (χ3n) is 4.40. The summed E-state index contributed by atoms with van der Waals surface area (Å²) in [4.78, 5) is 0. The van der Waals surface area contributed by atoms with E-state index in [0.717, 1.165) is 27.6 Å². The zero-order chi connectivity index (χ0) is 17.5. The first kappa shape index (κ1) is 15.0. The number of aromatic nitrogens is 6. The second kappa shape index (κ2) is 5.93. The van der Waals surface area contributed by atoms with Gasteiger partial charge in [-0.15, -0.1) is 10.2 Å². The van der Waals surface area contributed by atoms with Gasteiger partial charge in [0.15, 0.2) is 6.17 Å². The highest BCUT2D eigenvalue weighted by molar-refractivity contribution is 6.31. The van der Waals surface area contributed by atoms with Crippen LogP contribution in [0.2, 0.25) is 5.02 Å². The van der Waals surface area contributed by atoms with Crippen LogP contribution in [0.15, 0.2) is 72.8 Å². The van der Waals surface area contributed by atoms with Crippen LogP contribution in [-0.4, -0.2) is 30.0 Å². The Hall–Kier alpha value is -3.25. The molecule has 5 aromatic rings. The third-order valence-corrected chi connectivity index (χ3v) is 4.75. The lowest BCUT2D eigenvalue weighted by Crippen LogP contribution is -2.22. The Labute approximate surface area is 153 Å². The van der Waals surface area contributed by atoms with E-state index in [1.807, 2.05) is 82.2 Å². The smallest absolute Gasteiger partial charge is 0.175 e. The van der Waals surface area contributed by atoms with Crippen LogP contribution in [0.3, 0.4) is 0 Å². The molecular weight excluding hydrogens is 348 g/mol. The molecule has 126 valence electrons. The number of hydrogen-bond donors (Lipinski definition) is 0. The van der Waals surface area contributed by atoms with E-state index in [9.17, 15) is 0 Å². The Morgan fingerprint density at radius 1 is 0.654 bits per heavy atom. The van der Waals surface area contributed by atoms with E-state index in [2.05, 4.69) is 20.6 Å². The van der Waals surface area contributed by atoms with Gasteiger partial charge in [-0.2, -0.15) is 0 Å². The topological polar surface area (TPSA) is 61.4 Å². The molecule has 7 heteroatoms. The van der Waals surface area contributed by atoms with E-state index < -0.39 is 6.17 Å². The lowest BCUT2D eigenvalue weighted by Gasteiger charge is -2.20. The van der Waals surface area contributed by atoms with Crippen LogP contribution >= 0.6 is 11.6 Å². The minimum atomic E-state index is -0.400. The standard InChI is InChI=1S/C19H13ClN6/c20-14-8-2-1-7-13(14)19(25-17-11-5-3-9-15(17)21-23-25)26-18-12-6-4-10-16(18)22-24-26/h1-12,19H. The highest BCUT2D eigenvalue weighted by atomic mass is 35.5. The fourth-order valence-corrected chi connectivity index (χ4v) is 3.42. The van der Waals surface area contributed by atoms with E-state index in [4.69, 9.17) is 11.6 Å². The van der Waals surface area contributed by atoms with Crippen molar-refractivity contribution >= 4 is 33.7 Å². The second-order valence-electron chi connectivity index (χ2n) is 5.94. The van der Waals surface area contributed by atoms with Gasteiger partial charge in [-0.25, -0.2) is 9.36 Å². The molecule has 2 aromatic heterocycles. The largest absolute Gasteiger partial charge is 0.215 e. The SMILES string of the molecule is Clc1ccccc1C(n1nnc2ccccc21)n1nnc2ccccc21. The molecule has 0 N–H and O–H groups in total. The summed E-state index contributed by atoms with van der Waals surface area (Å²) in [6.45, 7) is 0. The van der Waals surface area contributed by atoms with Gasteiger partial charge in [-0.3, -0.25) is 0 Å². The van der Waals surface area contributed by atoms with Crippen molar-refractivity contribution in [2.45, 2.75) is 6.17 Å². The number of rotatable bonds is 3. The Morgan fingerprint density at radius 2 is 1.15 bits per heavy atom. The van der Waals surface area contributed by atoms with E-state index in [1.54, 1.807) is 0 Å². The molecule has 0 radical (unpaired) electrons. The lowest BCUT2D eigenvalue weighted by atomic mass is 10.1. The average molecular weight is 361 g/mol. The van der Waals surface area contributed by atoms with E-state index in [-0.39, 0.29) is 0 Å². The summed E-state index contributed by atoms with van der Waals surface area (Å²) in [6, 6.07) is 23.3. The summed E-state index contributed by atoms with van der Waals surface area (Å²) in [5, 5.41) is 18.0. The predicted octanol–water partition coefficient (Wildman–Crippen LogP) is 3.92. The van der Waals surface area contributed by atoms with Gasteiger partial charge in [0.05, 0.1) is 11.0 Å². The molecule has 0 saturated heterocycles. The molecular formula is C19H13ClN6. The molecule has 0 amide bonds. The normalized spacial score (nSPS) is 11.6. The third kappa shape index (κ3) is 2.27. The number of nitrogens with zero attached hydrogens (tertiary/aromatic N) is 6. The second-order valence-corrected chi connectivity index (χ2v) is 6.35. The van der Waals surface area contributed by atoms with Gasteiger partial charge in [0.2, 0.25) is 0 Å². The minimum absolute atomic E-state index is 0.400. The molecule has 0 fully saturated rings. The van der Waals surface area contributed by atoms with Gasteiger partial charge in [-0.1, -0.05) is 64.5 Å². The van der Waals surface area contributed by atoms with E-state index in [1.165, 1.54) is 0 Å². The summed E-state index contributed by atoms with van der Waals surface area (Å²) < 4.78 is 3.66. The summed E-state index contributed by atoms with van der Waals surface area (Å²) >= 11 is 6.53. The van der Waals surface area contributed by atoms with Crippen LogP contribution in [0.5, 0.6) is 0 Å². The maximum atomic E-state index is 6.53. The molecule has 0 aliphatic carbocycles. The number of halogens is 1. The molecule has 0 atom stereocenters. The predicted molar refractivity (Wildman–Crippen MR) is 100 cm³/mol. The molecule has 0 unspecified atom stereocenters.